The van der Waals surface area contributed by atoms with E-state index in [4.69, 9.17) is 0 Å². The minimum Gasteiger partial charge on any atom is -0.260 e. The summed E-state index contributed by atoms with van der Waals surface area (Å²) in [7, 11) is -3.46. The average Bonchev–Trinajstić information content (AvgIpc) is 2.25. The third kappa shape index (κ3) is 4.09. The SMILES string of the molecule is Cc1cc(F)cc(S(=O)(=O)N(C)C(C)CS(C)=O)c1. The van der Waals surface area contributed by atoms with Crippen LogP contribution in [0, 0.1) is 12.7 Å². The summed E-state index contributed by atoms with van der Waals surface area (Å²) in [5.41, 5.74) is 0.540. The zero-order chi connectivity index (χ0) is 14.8. The zero-order valence-corrected chi connectivity index (χ0v) is 13.0. The Labute approximate surface area is 116 Å². The highest BCUT2D eigenvalue weighted by atomic mass is 32.2. The number of halogens is 1. The van der Waals surface area contributed by atoms with Gasteiger partial charge in [0.05, 0.1) is 4.90 Å². The number of nitrogens with zero attached hydrogens (tertiary/aromatic N) is 1. The minimum atomic E-state index is -3.77. The van der Waals surface area contributed by atoms with Crippen LogP contribution in [0.3, 0.4) is 0 Å². The van der Waals surface area contributed by atoms with Gasteiger partial charge in [-0.1, -0.05) is 0 Å². The molecule has 0 aliphatic heterocycles. The Morgan fingerprint density at radius 1 is 1.37 bits per heavy atom. The Morgan fingerprint density at radius 2 is 1.95 bits per heavy atom. The third-order valence-electron chi connectivity index (χ3n) is 2.79. The molecule has 19 heavy (non-hydrogen) atoms. The van der Waals surface area contributed by atoms with Crippen molar-refractivity contribution in [3.63, 3.8) is 0 Å². The van der Waals surface area contributed by atoms with Crippen molar-refractivity contribution in [1.29, 1.82) is 0 Å². The first kappa shape index (κ1) is 16.3. The van der Waals surface area contributed by atoms with Gasteiger partial charge in [-0.15, -0.1) is 0 Å². The number of hydrogen-bond acceptors (Lipinski definition) is 3. The van der Waals surface area contributed by atoms with Crippen molar-refractivity contribution in [3.8, 4) is 0 Å². The van der Waals surface area contributed by atoms with Gasteiger partial charge in [0.15, 0.2) is 0 Å². The Bertz CT molecular complexity index is 566. The van der Waals surface area contributed by atoms with Crippen molar-refractivity contribution in [2.45, 2.75) is 24.8 Å². The van der Waals surface area contributed by atoms with Gasteiger partial charge in [-0.05, 0) is 37.6 Å². The van der Waals surface area contributed by atoms with Gasteiger partial charge < -0.3 is 0 Å². The molecule has 1 aromatic carbocycles. The van der Waals surface area contributed by atoms with Crippen molar-refractivity contribution in [2.75, 3.05) is 19.1 Å². The second kappa shape index (κ2) is 6.11. The van der Waals surface area contributed by atoms with E-state index in [1.54, 1.807) is 13.8 Å². The van der Waals surface area contributed by atoms with Crippen LogP contribution < -0.4 is 0 Å². The van der Waals surface area contributed by atoms with Gasteiger partial charge in [0.25, 0.3) is 0 Å². The van der Waals surface area contributed by atoms with E-state index in [2.05, 4.69) is 0 Å². The van der Waals surface area contributed by atoms with Crippen LogP contribution in [0.15, 0.2) is 23.1 Å². The Hall–Kier alpha value is -0.790. The molecule has 2 atom stereocenters. The molecule has 2 unspecified atom stereocenters. The fourth-order valence-corrected chi connectivity index (χ4v) is 4.17. The molecule has 0 saturated carbocycles. The molecule has 0 N–H and O–H groups in total. The lowest BCUT2D eigenvalue weighted by atomic mass is 10.2. The van der Waals surface area contributed by atoms with E-state index >= 15 is 0 Å². The topological polar surface area (TPSA) is 54.5 Å². The van der Waals surface area contributed by atoms with Gasteiger partial charge in [0, 0.05) is 35.9 Å². The molecule has 0 aliphatic carbocycles. The molecular formula is C12H18FNO3S2. The van der Waals surface area contributed by atoms with E-state index in [1.165, 1.54) is 25.4 Å². The number of rotatable bonds is 5. The predicted molar refractivity (Wildman–Crippen MR) is 74.5 cm³/mol. The lowest BCUT2D eigenvalue weighted by Crippen LogP contribution is -2.38. The molecule has 1 rings (SSSR count). The summed E-state index contributed by atoms with van der Waals surface area (Å²) in [6.07, 6.45) is 1.52. The highest BCUT2D eigenvalue weighted by molar-refractivity contribution is 7.89. The smallest absolute Gasteiger partial charge is 0.243 e. The second-order valence-corrected chi connectivity index (χ2v) is 8.05. The molecule has 108 valence electrons. The quantitative estimate of drug-likeness (QED) is 0.829. The molecule has 7 heteroatoms. The van der Waals surface area contributed by atoms with Crippen LogP contribution in [0.4, 0.5) is 4.39 Å². The normalized spacial score (nSPS) is 15.5. The first-order valence-electron chi connectivity index (χ1n) is 5.70. The average molecular weight is 307 g/mol. The van der Waals surface area contributed by atoms with E-state index < -0.39 is 32.7 Å². The van der Waals surface area contributed by atoms with E-state index in [1.807, 2.05) is 0 Å². The molecule has 0 fully saturated rings. The molecule has 0 amide bonds. The highest BCUT2D eigenvalue weighted by Gasteiger charge is 2.26. The molecule has 0 heterocycles. The molecule has 4 nitrogen and oxygen atoms in total. The van der Waals surface area contributed by atoms with Crippen LogP contribution in [-0.2, 0) is 20.8 Å². The molecule has 0 aromatic heterocycles. The Balaban J connectivity index is 3.12. The first-order chi connectivity index (χ1) is 8.64. The fourth-order valence-electron chi connectivity index (χ4n) is 1.70. The molecule has 0 aliphatic rings. The lowest BCUT2D eigenvalue weighted by Gasteiger charge is -2.23. The summed E-state index contributed by atoms with van der Waals surface area (Å²) in [6.45, 7) is 3.30. The Kier molecular flexibility index (Phi) is 5.23. The number of benzene rings is 1. The number of sulfonamides is 1. The van der Waals surface area contributed by atoms with E-state index in [-0.39, 0.29) is 10.6 Å². The summed E-state index contributed by atoms with van der Waals surface area (Å²) >= 11 is 0. The van der Waals surface area contributed by atoms with Crippen molar-refractivity contribution in [2.24, 2.45) is 0 Å². The summed E-state index contributed by atoms with van der Waals surface area (Å²) in [5.74, 6) is -0.344. The number of aryl methyl sites for hydroxylation is 1. The van der Waals surface area contributed by atoms with Crippen LogP contribution >= 0.6 is 0 Å². The van der Waals surface area contributed by atoms with E-state index in [0.29, 0.717) is 5.56 Å². The van der Waals surface area contributed by atoms with Gasteiger partial charge in [0.1, 0.15) is 5.82 Å². The fraction of sp³-hybridized carbons (Fsp3) is 0.500. The zero-order valence-electron chi connectivity index (χ0n) is 11.4. The Morgan fingerprint density at radius 3 is 2.42 bits per heavy atom. The molecule has 0 bridgehead atoms. The highest BCUT2D eigenvalue weighted by Crippen LogP contribution is 2.19. The summed E-state index contributed by atoms with van der Waals surface area (Å²) in [4.78, 5) is -0.0822. The monoisotopic (exact) mass is 307 g/mol. The van der Waals surface area contributed by atoms with Crippen molar-refractivity contribution in [3.05, 3.63) is 29.6 Å². The van der Waals surface area contributed by atoms with E-state index in [9.17, 15) is 17.0 Å². The molecule has 1 aromatic rings. The third-order valence-corrected chi connectivity index (χ3v) is 5.69. The van der Waals surface area contributed by atoms with Crippen LogP contribution in [0.5, 0.6) is 0 Å². The number of hydrogen-bond donors (Lipinski definition) is 0. The maximum absolute atomic E-state index is 13.3. The van der Waals surface area contributed by atoms with E-state index in [0.717, 1.165) is 10.4 Å². The standard InChI is InChI=1S/C12H18FNO3S2/c1-9-5-11(13)7-12(6-9)19(16,17)14(3)10(2)8-18(4)15/h5-7,10H,8H2,1-4H3. The van der Waals surface area contributed by atoms with Crippen LogP contribution in [0.25, 0.3) is 0 Å². The predicted octanol–water partition coefficient (Wildman–Crippen LogP) is 1.52. The van der Waals surface area contributed by atoms with Crippen molar-refractivity contribution in [1.82, 2.24) is 4.31 Å². The van der Waals surface area contributed by atoms with Gasteiger partial charge >= 0.3 is 0 Å². The van der Waals surface area contributed by atoms with Gasteiger partial charge in [0.2, 0.25) is 10.0 Å². The second-order valence-electron chi connectivity index (χ2n) is 4.57. The largest absolute Gasteiger partial charge is 0.260 e. The van der Waals surface area contributed by atoms with Gasteiger partial charge in [-0.2, -0.15) is 4.31 Å². The first-order valence-corrected chi connectivity index (χ1v) is 8.86. The maximum atomic E-state index is 13.3. The van der Waals surface area contributed by atoms with Gasteiger partial charge in [-0.3, -0.25) is 4.21 Å². The van der Waals surface area contributed by atoms with Gasteiger partial charge in [-0.25, -0.2) is 12.8 Å². The summed E-state index contributed by atoms with van der Waals surface area (Å²) < 4.78 is 50.2. The van der Waals surface area contributed by atoms with Crippen LogP contribution in [0.1, 0.15) is 12.5 Å². The molecule has 0 saturated heterocycles. The summed E-state index contributed by atoms with van der Waals surface area (Å²) in [5, 5.41) is 0. The lowest BCUT2D eigenvalue weighted by molar-refractivity contribution is 0.413. The maximum Gasteiger partial charge on any atom is 0.243 e. The molecular weight excluding hydrogens is 289 g/mol. The minimum absolute atomic E-state index is 0.0822. The van der Waals surface area contributed by atoms with Crippen molar-refractivity contribution < 1.29 is 17.0 Å². The van der Waals surface area contributed by atoms with Crippen molar-refractivity contribution >= 4 is 20.8 Å². The molecule has 0 radical (unpaired) electrons. The molecule has 0 spiro atoms. The van der Waals surface area contributed by atoms with Crippen LogP contribution in [0.2, 0.25) is 0 Å². The van der Waals surface area contributed by atoms with Crippen LogP contribution in [-0.4, -0.2) is 42.0 Å². The summed E-state index contributed by atoms with van der Waals surface area (Å²) in [6, 6.07) is 3.27.